The van der Waals surface area contributed by atoms with Gasteiger partial charge >= 0.3 is 0 Å². The molecule has 1 aromatic carbocycles. The van der Waals surface area contributed by atoms with Crippen molar-refractivity contribution in [3.63, 3.8) is 0 Å². The number of halogens is 2. The normalized spacial score (nSPS) is 11.9. The first-order chi connectivity index (χ1) is 6.70. The Morgan fingerprint density at radius 1 is 1.64 bits per heavy atom. The maximum absolute atomic E-state index is 13.3. The molecule has 74 valence electrons. The standard InChI is InChI=1S/C8H7FIN3O/c9-5-2-1-3-6(10)8(5)7(4-14)12-13-11/h1-3,7,14H,4H2/t7-/m0/s1. The Kier molecular flexibility index (Phi) is 4.12. The van der Waals surface area contributed by atoms with E-state index in [1.165, 1.54) is 6.07 Å². The summed E-state index contributed by atoms with van der Waals surface area (Å²) < 4.78 is 13.9. The summed E-state index contributed by atoms with van der Waals surface area (Å²) in [6.45, 7) is -0.402. The van der Waals surface area contributed by atoms with Crippen LogP contribution in [0, 0.1) is 9.39 Å². The van der Waals surface area contributed by atoms with Gasteiger partial charge in [-0.3, -0.25) is 0 Å². The van der Waals surface area contributed by atoms with Gasteiger partial charge in [-0.1, -0.05) is 11.2 Å². The molecule has 0 aliphatic carbocycles. The zero-order chi connectivity index (χ0) is 10.6. The molecule has 0 fully saturated rings. The number of azide groups is 1. The number of benzene rings is 1. The van der Waals surface area contributed by atoms with Crippen LogP contribution < -0.4 is 0 Å². The van der Waals surface area contributed by atoms with E-state index in [1.54, 1.807) is 12.1 Å². The van der Waals surface area contributed by atoms with Crippen LogP contribution in [0.5, 0.6) is 0 Å². The molecule has 0 aromatic heterocycles. The molecule has 14 heavy (non-hydrogen) atoms. The molecule has 0 amide bonds. The third-order valence-electron chi connectivity index (χ3n) is 1.70. The van der Waals surface area contributed by atoms with E-state index < -0.39 is 18.5 Å². The third-order valence-corrected chi connectivity index (χ3v) is 2.64. The lowest BCUT2D eigenvalue weighted by Gasteiger charge is -2.10. The minimum atomic E-state index is -0.854. The van der Waals surface area contributed by atoms with E-state index in [2.05, 4.69) is 10.0 Å². The Morgan fingerprint density at radius 3 is 2.86 bits per heavy atom. The van der Waals surface area contributed by atoms with E-state index in [4.69, 9.17) is 10.6 Å². The van der Waals surface area contributed by atoms with E-state index in [0.29, 0.717) is 3.57 Å². The van der Waals surface area contributed by atoms with Crippen LogP contribution in [0.4, 0.5) is 4.39 Å². The quantitative estimate of drug-likeness (QED) is 0.397. The largest absolute Gasteiger partial charge is 0.396 e. The van der Waals surface area contributed by atoms with Crippen molar-refractivity contribution < 1.29 is 9.50 Å². The molecule has 1 N–H and O–H groups in total. The van der Waals surface area contributed by atoms with E-state index in [1.807, 2.05) is 22.6 Å². The van der Waals surface area contributed by atoms with Gasteiger partial charge in [-0.05, 0) is 40.3 Å². The lowest BCUT2D eigenvalue weighted by atomic mass is 10.1. The molecule has 0 bridgehead atoms. The van der Waals surface area contributed by atoms with Crippen LogP contribution >= 0.6 is 22.6 Å². The van der Waals surface area contributed by atoms with Gasteiger partial charge in [-0.25, -0.2) is 4.39 Å². The lowest BCUT2D eigenvalue weighted by Crippen LogP contribution is -2.05. The van der Waals surface area contributed by atoms with E-state index in [9.17, 15) is 4.39 Å². The van der Waals surface area contributed by atoms with Crippen LogP contribution in [0.25, 0.3) is 10.4 Å². The highest BCUT2D eigenvalue weighted by Gasteiger charge is 2.16. The fraction of sp³-hybridized carbons (Fsp3) is 0.250. The highest BCUT2D eigenvalue weighted by molar-refractivity contribution is 14.1. The number of rotatable bonds is 3. The van der Waals surface area contributed by atoms with Gasteiger partial charge in [0.25, 0.3) is 0 Å². The molecule has 1 rings (SSSR count). The number of hydrogen-bond donors (Lipinski definition) is 1. The predicted molar refractivity (Wildman–Crippen MR) is 58.1 cm³/mol. The first-order valence-electron chi connectivity index (χ1n) is 3.79. The van der Waals surface area contributed by atoms with Gasteiger partial charge in [0.15, 0.2) is 0 Å². The molecule has 1 aromatic rings. The smallest absolute Gasteiger partial charge is 0.127 e. The first kappa shape index (κ1) is 11.2. The summed E-state index contributed by atoms with van der Waals surface area (Å²) in [5, 5.41) is 12.2. The average molecular weight is 307 g/mol. The number of hydrogen-bond acceptors (Lipinski definition) is 2. The third kappa shape index (κ3) is 2.34. The molecule has 0 saturated carbocycles. The van der Waals surface area contributed by atoms with Gasteiger partial charge < -0.3 is 5.11 Å². The minimum Gasteiger partial charge on any atom is -0.396 e. The summed E-state index contributed by atoms with van der Waals surface area (Å²) >= 11 is 1.93. The van der Waals surface area contributed by atoms with Gasteiger partial charge in [0, 0.05) is 14.0 Å². The average Bonchev–Trinajstić information content (AvgIpc) is 2.16. The summed E-state index contributed by atoms with van der Waals surface area (Å²) in [5.74, 6) is -0.469. The number of aliphatic hydroxyl groups excluding tert-OH is 1. The van der Waals surface area contributed by atoms with Gasteiger partial charge in [-0.15, -0.1) is 0 Å². The Labute approximate surface area is 93.5 Å². The van der Waals surface area contributed by atoms with E-state index >= 15 is 0 Å². The van der Waals surface area contributed by atoms with Crippen LogP contribution in [0.15, 0.2) is 23.3 Å². The lowest BCUT2D eigenvalue weighted by molar-refractivity contribution is 0.265. The zero-order valence-corrected chi connectivity index (χ0v) is 9.22. The Hall–Kier alpha value is -0.850. The van der Waals surface area contributed by atoms with Gasteiger partial charge in [-0.2, -0.15) is 0 Å². The second-order valence-corrected chi connectivity index (χ2v) is 3.70. The SMILES string of the molecule is [N-]=[N+]=N[C@@H](CO)c1c(F)cccc1I. The van der Waals surface area contributed by atoms with Crippen molar-refractivity contribution in [2.75, 3.05) is 6.61 Å². The molecule has 0 radical (unpaired) electrons. The second kappa shape index (κ2) is 5.14. The van der Waals surface area contributed by atoms with Crippen molar-refractivity contribution in [1.82, 2.24) is 0 Å². The molecule has 0 aliphatic rings. The molecule has 4 nitrogen and oxygen atoms in total. The molecule has 0 aliphatic heterocycles. The molecule has 1 atom stereocenters. The van der Waals surface area contributed by atoms with Crippen LogP contribution in [0.3, 0.4) is 0 Å². The van der Waals surface area contributed by atoms with Gasteiger partial charge in [0.2, 0.25) is 0 Å². The zero-order valence-electron chi connectivity index (χ0n) is 7.06. The summed E-state index contributed by atoms with van der Waals surface area (Å²) in [4.78, 5) is 2.56. The van der Waals surface area contributed by atoms with Crippen molar-refractivity contribution in [3.8, 4) is 0 Å². The molecule has 0 unspecified atom stereocenters. The van der Waals surface area contributed by atoms with Gasteiger partial charge in [0.05, 0.1) is 12.6 Å². The molecule has 0 spiro atoms. The van der Waals surface area contributed by atoms with E-state index in [0.717, 1.165) is 0 Å². The second-order valence-electron chi connectivity index (χ2n) is 2.54. The molecule has 6 heteroatoms. The van der Waals surface area contributed by atoms with Crippen molar-refractivity contribution in [3.05, 3.63) is 43.6 Å². The predicted octanol–water partition coefficient (Wildman–Crippen LogP) is 2.77. The fourth-order valence-electron chi connectivity index (χ4n) is 1.08. The van der Waals surface area contributed by atoms with Crippen molar-refractivity contribution >= 4 is 22.6 Å². The Bertz CT molecular complexity index is 359. The van der Waals surface area contributed by atoms with Crippen molar-refractivity contribution in [2.24, 2.45) is 5.11 Å². The molecular weight excluding hydrogens is 300 g/mol. The number of aliphatic hydroxyl groups is 1. The summed E-state index contributed by atoms with van der Waals surface area (Å²) in [6.07, 6.45) is 0. The van der Waals surface area contributed by atoms with Crippen LogP contribution in [-0.4, -0.2) is 11.7 Å². The molecular formula is C8H7FIN3O. The number of nitrogens with zero attached hydrogens (tertiary/aromatic N) is 3. The highest BCUT2D eigenvalue weighted by Crippen LogP contribution is 2.25. The highest BCUT2D eigenvalue weighted by atomic mass is 127. The van der Waals surface area contributed by atoms with E-state index in [-0.39, 0.29) is 5.56 Å². The summed E-state index contributed by atoms with van der Waals surface area (Å²) in [7, 11) is 0. The monoisotopic (exact) mass is 307 g/mol. The molecule has 0 heterocycles. The topological polar surface area (TPSA) is 69.0 Å². The Morgan fingerprint density at radius 2 is 2.36 bits per heavy atom. The fourth-order valence-corrected chi connectivity index (χ4v) is 1.90. The summed E-state index contributed by atoms with van der Waals surface area (Å²) in [5.41, 5.74) is 8.48. The first-order valence-corrected chi connectivity index (χ1v) is 4.87. The van der Waals surface area contributed by atoms with Crippen molar-refractivity contribution in [1.29, 1.82) is 0 Å². The summed E-state index contributed by atoms with van der Waals surface area (Å²) in [6, 6.07) is 3.67. The Balaban J connectivity index is 3.21. The molecule has 0 saturated heterocycles. The van der Waals surface area contributed by atoms with Crippen LogP contribution in [0.1, 0.15) is 11.6 Å². The van der Waals surface area contributed by atoms with Crippen LogP contribution in [-0.2, 0) is 0 Å². The van der Waals surface area contributed by atoms with Crippen LogP contribution in [0.2, 0.25) is 0 Å². The minimum absolute atomic E-state index is 0.244. The van der Waals surface area contributed by atoms with Crippen molar-refractivity contribution in [2.45, 2.75) is 6.04 Å². The maximum Gasteiger partial charge on any atom is 0.127 e. The van der Waals surface area contributed by atoms with Gasteiger partial charge in [0.1, 0.15) is 5.82 Å². The maximum atomic E-state index is 13.3.